The van der Waals surface area contributed by atoms with Crippen LogP contribution in [0.15, 0.2) is 24.3 Å². The molecule has 0 saturated carbocycles. The first-order chi connectivity index (χ1) is 8.24. The average Bonchev–Trinajstić information content (AvgIpc) is 2.34. The molecule has 0 aliphatic rings. The molecule has 0 amide bonds. The van der Waals surface area contributed by atoms with E-state index in [9.17, 15) is 0 Å². The first kappa shape index (κ1) is 14.5. The highest BCUT2D eigenvalue weighted by Gasteiger charge is 1.98. The van der Waals surface area contributed by atoms with E-state index in [2.05, 4.69) is 19.1 Å². The zero-order valence-electron chi connectivity index (χ0n) is 10.4. The molecule has 0 heterocycles. The molecule has 0 unspecified atom stereocenters. The molecule has 0 saturated heterocycles. The molecule has 0 aromatic heterocycles. The van der Waals surface area contributed by atoms with Gasteiger partial charge in [0.25, 0.3) is 0 Å². The van der Waals surface area contributed by atoms with Crippen LogP contribution in [0.1, 0.15) is 43.7 Å². The fourth-order valence-electron chi connectivity index (χ4n) is 1.64. The molecular weight excluding hydrogens is 246 g/mol. The van der Waals surface area contributed by atoms with Crippen LogP contribution in [0.3, 0.4) is 0 Å². The van der Waals surface area contributed by atoms with Crippen molar-refractivity contribution >= 4 is 29.0 Å². The first-order valence-corrected chi connectivity index (χ1v) is 7.77. The minimum absolute atomic E-state index is 0.486. The van der Waals surface area contributed by atoms with Gasteiger partial charge < -0.3 is 5.73 Å². The van der Waals surface area contributed by atoms with E-state index in [-0.39, 0.29) is 0 Å². The molecule has 94 valence electrons. The van der Waals surface area contributed by atoms with Gasteiger partial charge in [-0.05, 0) is 23.8 Å². The number of nitrogens with two attached hydrogens (primary N) is 1. The fourth-order valence-corrected chi connectivity index (χ4v) is 2.73. The van der Waals surface area contributed by atoms with Gasteiger partial charge in [0.1, 0.15) is 4.99 Å². The van der Waals surface area contributed by atoms with Gasteiger partial charge in [0.2, 0.25) is 0 Å². The highest BCUT2D eigenvalue weighted by atomic mass is 32.2. The maximum Gasteiger partial charge on any atom is 0.103 e. The van der Waals surface area contributed by atoms with Crippen LogP contribution in [-0.2, 0) is 5.75 Å². The third-order valence-corrected chi connectivity index (χ3v) is 3.97. The summed E-state index contributed by atoms with van der Waals surface area (Å²) in [6, 6.07) is 8.24. The highest BCUT2D eigenvalue weighted by molar-refractivity contribution is 7.98. The molecule has 0 radical (unpaired) electrons. The molecule has 0 fully saturated rings. The van der Waals surface area contributed by atoms with Gasteiger partial charge in [-0.2, -0.15) is 11.8 Å². The number of hydrogen-bond acceptors (Lipinski definition) is 2. The predicted molar refractivity (Wildman–Crippen MR) is 82.6 cm³/mol. The molecular formula is C14H21NS2. The molecule has 0 aliphatic carbocycles. The van der Waals surface area contributed by atoms with E-state index in [1.807, 2.05) is 23.9 Å². The van der Waals surface area contributed by atoms with E-state index in [1.54, 1.807) is 0 Å². The van der Waals surface area contributed by atoms with E-state index in [1.165, 1.54) is 37.0 Å². The van der Waals surface area contributed by atoms with Crippen LogP contribution in [0.2, 0.25) is 0 Å². The van der Waals surface area contributed by atoms with Crippen molar-refractivity contribution in [3.63, 3.8) is 0 Å². The summed E-state index contributed by atoms with van der Waals surface area (Å²) < 4.78 is 0. The Bertz CT molecular complexity index is 350. The third kappa shape index (κ3) is 6.08. The van der Waals surface area contributed by atoms with Crippen LogP contribution >= 0.6 is 24.0 Å². The summed E-state index contributed by atoms with van der Waals surface area (Å²) in [6.45, 7) is 2.24. The number of rotatable bonds is 8. The molecule has 0 atom stereocenters. The van der Waals surface area contributed by atoms with E-state index in [4.69, 9.17) is 18.0 Å². The first-order valence-electron chi connectivity index (χ1n) is 6.20. The van der Waals surface area contributed by atoms with Crippen molar-refractivity contribution in [3.05, 3.63) is 35.4 Å². The lowest BCUT2D eigenvalue weighted by Crippen LogP contribution is -2.09. The van der Waals surface area contributed by atoms with Gasteiger partial charge in [-0.25, -0.2) is 0 Å². The van der Waals surface area contributed by atoms with Crippen LogP contribution in [0.25, 0.3) is 0 Å². The number of unbranched alkanes of at least 4 members (excludes halogenated alkanes) is 3. The largest absolute Gasteiger partial charge is 0.389 e. The lowest BCUT2D eigenvalue weighted by molar-refractivity contribution is 0.706. The Balaban J connectivity index is 2.27. The summed E-state index contributed by atoms with van der Waals surface area (Å²) in [4.78, 5) is 0.486. The van der Waals surface area contributed by atoms with E-state index in [0.717, 1.165) is 11.3 Å². The molecule has 2 N–H and O–H groups in total. The zero-order chi connectivity index (χ0) is 12.5. The van der Waals surface area contributed by atoms with Crippen molar-refractivity contribution in [2.75, 3.05) is 5.75 Å². The quantitative estimate of drug-likeness (QED) is 0.566. The second kappa shape index (κ2) is 8.54. The van der Waals surface area contributed by atoms with Gasteiger partial charge in [-0.1, -0.05) is 56.6 Å². The molecule has 1 nitrogen and oxygen atoms in total. The molecule has 1 aromatic rings. The number of thioether (sulfide) groups is 1. The van der Waals surface area contributed by atoms with Gasteiger partial charge in [0.05, 0.1) is 0 Å². The Hall–Kier alpha value is -0.540. The summed E-state index contributed by atoms with van der Waals surface area (Å²) in [5.74, 6) is 2.31. The Morgan fingerprint density at radius 3 is 2.82 bits per heavy atom. The standard InChI is InChI=1S/C14H21NS2/c1-2-3-4-5-9-17-11-12-7-6-8-13(10-12)14(15)16/h6-8,10H,2-5,9,11H2,1H3,(H2,15,16). The fraction of sp³-hybridized carbons (Fsp3) is 0.500. The number of hydrogen-bond donors (Lipinski definition) is 1. The molecule has 0 bridgehead atoms. The molecule has 17 heavy (non-hydrogen) atoms. The second-order valence-corrected chi connectivity index (χ2v) is 5.72. The van der Waals surface area contributed by atoms with Gasteiger partial charge in [0.15, 0.2) is 0 Å². The van der Waals surface area contributed by atoms with Crippen LogP contribution in [-0.4, -0.2) is 10.7 Å². The summed E-state index contributed by atoms with van der Waals surface area (Å²) in [6.07, 6.45) is 5.35. The van der Waals surface area contributed by atoms with Crippen LogP contribution in [0.5, 0.6) is 0 Å². The van der Waals surface area contributed by atoms with Crippen molar-refractivity contribution in [1.82, 2.24) is 0 Å². The van der Waals surface area contributed by atoms with Crippen molar-refractivity contribution in [1.29, 1.82) is 0 Å². The minimum Gasteiger partial charge on any atom is -0.389 e. The smallest absolute Gasteiger partial charge is 0.103 e. The van der Waals surface area contributed by atoms with Crippen LogP contribution < -0.4 is 5.73 Å². The molecule has 1 aromatic carbocycles. The van der Waals surface area contributed by atoms with Crippen molar-refractivity contribution in [3.8, 4) is 0 Å². The lowest BCUT2D eigenvalue weighted by atomic mass is 10.1. The number of thiocarbonyl (C=S) groups is 1. The van der Waals surface area contributed by atoms with E-state index >= 15 is 0 Å². The van der Waals surface area contributed by atoms with Crippen molar-refractivity contribution < 1.29 is 0 Å². The monoisotopic (exact) mass is 267 g/mol. The topological polar surface area (TPSA) is 26.0 Å². The Kier molecular flexibility index (Phi) is 7.29. The molecule has 0 aliphatic heterocycles. The van der Waals surface area contributed by atoms with E-state index in [0.29, 0.717) is 4.99 Å². The van der Waals surface area contributed by atoms with Crippen LogP contribution in [0, 0.1) is 0 Å². The SMILES string of the molecule is CCCCCCSCc1cccc(C(N)=S)c1. The van der Waals surface area contributed by atoms with E-state index < -0.39 is 0 Å². The number of benzene rings is 1. The molecule has 3 heteroatoms. The highest BCUT2D eigenvalue weighted by Crippen LogP contribution is 2.16. The predicted octanol–water partition coefficient (Wildman–Crippen LogP) is 4.13. The third-order valence-electron chi connectivity index (χ3n) is 2.62. The Morgan fingerprint density at radius 2 is 2.12 bits per heavy atom. The maximum atomic E-state index is 5.62. The van der Waals surface area contributed by atoms with Crippen LogP contribution in [0.4, 0.5) is 0 Å². The minimum atomic E-state index is 0.486. The summed E-state index contributed by atoms with van der Waals surface area (Å²) in [5.41, 5.74) is 7.91. The average molecular weight is 267 g/mol. The van der Waals surface area contributed by atoms with Gasteiger partial charge in [-0.15, -0.1) is 0 Å². The Labute approximate surface area is 114 Å². The maximum absolute atomic E-state index is 5.62. The molecule has 1 rings (SSSR count). The zero-order valence-corrected chi connectivity index (χ0v) is 12.1. The normalized spacial score (nSPS) is 10.4. The van der Waals surface area contributed by atoms with Gasteiger partial charge in [-0.3, -0.25) is 0 Å². The molecule has 0 spiro atoms. The van der Waals surface area contributed by atoms with Gasteiger partial charge >= 0.3 is 0 Å². The summed E-state index contributed by atoms with van der Waals surface area (Å²) in [7, 11) is 0. The Morgan fingerprint density at radius 1 is 1.29 bits per heavy atom. The van der Waals surface area contributed by atoms with Crippen molar-refractivity contribution in [2.45, 2.75) is 38.4 Å². The summed E-state index contributed by atoms with van der Waals surface area (Å²) >= 11 is 6.97. The van der Waals surface area contributed by atoms with Crippen molar-refractivity contribution in [2.24, 2.45) is 5.73 Å². The van der Waals surface area contributed by atoms with Gasteiger partial charge in [0, 0.05) is 11.3 Å². The lowest BCUT2D eigenvalue weighted by Gasteiger charge is -2.04. The second-order valence-electron chi connectivity index (χ2n) is 4.18. The summed E-state index contributed by atoms with van der Waals surface area (Å²) in [5, 5.41) is 0.